The highest BCUT2D eigenvalue weighted by Crippen LogP contribution is 2.33. The molecule has 0 saturated heterocycles. The van der Waals surface area contributed by atoms with E-state index in [4.69, 9.17) is 9.72 Å². The molecule has 2 aromatic carbocycles. The van der Waals surface area contributed by atoms with Crippen molar-refractivity contribution in [1.29, 1.82) is 0 Å². The summed E-state index contributed by atoms with van der Waals surface area (Å²) in [4.78, 5) is 12.0. The normalized spacial score (nSPS) is 16.2. The van der Waals surface area contributed by atoms with E-state index in [1.165, 1.54) is 16.7 Å². The van der Waals surface area contributed by atoms with E-state index in [9.17, 15) is 0 Å². The quantitative estimate of drug-likeness (QED) is 0.666. The Morgan fingerprint density at radius 2 is 1.93 bits per heavy atom. The summed E-state index contributed by atoms with van der Waals surface area (Å²) in [5.74, 6) is 1.00. The van der Waals surface area contributed by atoms with Gasteiger partial charge in [0, 0.05) is 13.1 Å². The summed E-state index contributed by atoms with van der Waals surface area (Å²) >= 11 is 0. The minimum Gasteiger partial charge on any atom is -0.496 e. The average molecular weight is 391 g/mol. The predicted molar refractivity (Wildman–Crippen MR) is 118 cm³/mol. The highest BCUT2D eigenvalue weighted by molar-refractivity contribution is 5.73. The molecule has 2 heterocycles. The SMILES string of the molecule is CCN(CC)CCc1cc2c(cc1OC)CCN[C@@H]2c1cnc2ccccc2n1. The van der Waals surface area contributed by atoms with Crippen LogP contribution in [0.2, 0.25) is 0 Å². The molecule has 152 valence electrons. The third kappa shape index (κ3) is 4.11. The molecule has 0 radical (unpaired) electrons. The minimum atomic E-state index is 0.0639. The topological polar surface area (TPSA) is 50.3 Å². The minimum absolute atomic E-state index is 0.0639. The van der Waals surface area contributed by atoms with Gasteiger partial charge in [-0.25, -0.2) is 4.98 Å². The van der Waals surface area contributed by atoms with Crippen LogP contribution < -0.4 is 10.1 Å². The first-order valence-electron chi connectivity index (χ1n) is 10.6. The van der Waals surface area contributed by atoms with Crippen LogP contribution in [0.3, 0.4) is 0 Å². The molecular weight excluding hydrogens is 360 g/mol. The van der Waals surface area contributed by atoms with Gasteiger partial charge in [0.25, 0.3) is 0 Å². The molecule has 1 aliphatic rings. The van der Waals surface area contributed by atoms with E-state index in [1.54, 1.807) is 7.11 Å². The summed E-state index contributed by atoms with van der Waals surface area (Å²) in [5, 5.41) is 3.65. The van der Waals surface area contributed by atoms with Gasteiger partial charge in [-0.3, -0.25) is 4.98 Å². The number of aromatic nitrogens is 2. The van der Waals surface area contributed by atoms with E-state index < -0.39 is 0 Å². The van der Waals surface area contributed by atoms with Crippen molar-refractivity contribution < 1.29 is 4.74 Å². The Bertz CT molecular complexity index is 984. The first-order chi connectivity index (χ1) is 14.2. The van der Waals surface area contributed by atoms with E-state index in [2.05, 4.69) is 41.2 Å². The van der Waals surface area contributed by atoms with Crippen LogP contribution in [0.25, 0.3) is 11.0 Å². The van der Waals surface area contributed by atoms with Gasteiger partial charge in [0.2, 0.25) is 0 Å². The Labute approximate surface area is 173 Å². The van der Waals surface area contributed by atoms with Gasteiger partial charge >= 0.3 is 0 Å². The Balaban J connectivity index is 1.70. The number of hydrogen-bond donors (Lipinski definition) is 1. The van der Waals surface area contributed by atoms with Crippen LogP contribution in [0.15, 0.2) is 42.6 Å². The third-order valence-corrected chi connectivity index (χ3v) is 5.95. The molecule has 4 rings (SSSR count). The van der Waals surface area contributed by atoms with Crippen molar-refractivity contribution in [3.63, 3.8) is 0 Å². The largest absolute Gasteiger partial charge is 0.496 e. The van der Waals surface area contributed by atoms with E-state index in [1.807, 2.05) is 30.5 Å². The molecule has 0 unspecified atom stereocenters. The van der Waals surface area contributed by atoms with Crippen LogP contribution in [0.4, 0.5) is 0 Å². The second kappa shape index (κ2) is 8.89. The van der Waals surface area contributed by atoms with Crippen LogP contribution in [0.5, 0.6) is 5.75 Å². The molecule has 0 amide bonds. The highest BCUT2D eigenvalue weighted by Gasteiger charge is 2.25. The van der Waals surface area contributed by atoms with E-state index in [0.29, 0.717) is 0 Å². The Morgan fingerprint density at radius 3 is 2.69 bits per heavy atom. The van der Waals surface area contributed by atoms with Crippen molar-refractivity contribution >= 4 is 11.0 Å². The molecule has 1 N–H and O–H groups in total. The zero-order valence-electron chi connectivity index (χ0n) is 17.6. The first-order valence-corrected chi connectivity index (χ1v) is 10.6. The number of likely N-dealkylation sites (N-methyl/N-ethyl adjacent to an activating group) is 1. The second-order valence-corrected chi connectivity index (χ2v) is 7.56. The maximum atomic E-state index is 5.74. The van der Waals surface area contributed by atoms with E-state index in [0.717, 1.165) is 61.5 Å². The maximum absolute atomic E-state index is 5.74. The molecule has 5 nitrogen and oxygen atoms in total. The summed E-state index contributed by atoms with van der Waals surface area (Å²) in [6, 6.07) is 12.7. The molecule has 29 heavy (non-hydrogen) atoms. The van der Waals surface area contributed by atoms with Crippen LogP contribution in [0, 0.1) is 0 Å². The van der Waals surface area contributed by atoms with Gasteiger partial charge < -0.3 is 15.0 Å². The molecule has 0 aliphatic carbocycles. The fourth-order valence-corrected chi connectivity index (χ4v) is 4.21. The van der Waals surface area contributed by atoms with Gasteiger partial charge in [0.05, 0.1) is 36.1 Å². The van der Waals surface area contributed by atoms with Crippen LogP contribution in [-0.2, 0) is 12.8 Å². The summed E-state index contributed by atoms with van der Waals surface area (Å²) in [5.41, 5.74) is 6.75. The van der Waals surface area contributed by atoms with Crippen LogP contribution >= 0.6 is 0 Å². The lowest BCUT2D eigenvalue weighted by atomic mass is 9.89. The van der Waals surface area contributed by atoms with Gasteiger partial charge in [-0.05, 0) is 66.9 Å². The number of rotatable bonds is 7. The van der Waals surface area contributed by atoms with Crippen molar-refractivity contribution in [1.82, 2.24) is 20.2 Å². The van der Waals surface area contributed by atoms with Crippen molar-refractivity contribution in [2.45, 2.75) is 32.7 Å². The van der Waals surface area contributed by atoms with Gasteiger partial charge in [-0.1, -0.05) is 26.0 Å². The second-order valence-electron chi connectivity index (χ2n) is 7.56. The lowest BCUT2D eigenvalue weighted by molar-refractivity contribution is 0.305. The Hall–Kier alpha value is -2.50. The number of hydrogen-bond acceptors (Lipinski definition) is 5. The predicted octanol–water partition coefficient (Wildman–Crippen LogP) is 3.76. The van der Waals surface area contributed by atoms with E-state index in [-0.39, 0.29) is 6.04 Å². The van der Waals surface area contributed by atoms with Gasteiger partial charge in [0.15, 0.2) is 0 Å². The van der Waals surface area contributed by atoms with Crippen molar-refractivity contribution in [2.75, 3.05) is 33.3 Å². The molecule has 0 spiro atoms. The molecule has 0 saturated carbocycles. The number of nitrogens with zero attached hydrogens (tertiary/aromatic N) is 3. The van der Waals surface area contributed by atoms with Crippen molar-refractivity contribution in [3.8, 4) is 5.75 Å². The fraction of sp³-hybridized carbons (Fsp3) is 0.417. The van der Waals surface area contributed by atoms with Gasteiger partial charge in [-0.2, -0.15) is 0 Å². The first kappa shape index (κ1) is 19.8. The summed E-state index contributed by atoms with van der Waals surface area (Å²) < 4.78 is 5.74. The Morgan fingerprint density at radius 1 is 1.14 bits per heavy atom. The monoisotopic (exact) mass is 390 g/mol. The molecule has 5 heteroatoms. The number of para-hydroxylation sites is 2. The number of nitrogens with one attached hydrogen (secondary N) is 1. The lowest BCUT2D eigenvalue weighted by Crippen LogP contribution is -2.31. The molecular formula is C24H30N4O. The maximum Gasteiger partial charge on any atom is 0.122 e. The fourth-order valence-electron chi connectivity index (χ4n) is 4.21. The molecule has 1 aromatic heterocycles. The highest BCUT2D eigenvalue weighted by atomic mass is 16.5. The van der Waals surface area contributed by atoms with Gasteiger partial charge in [0.1, 0.15) is 5.75 Å². The molecule has 0 fully saturated rings. The number of ether oxygens (including phenoxy) is 1. The Kier molecular flexibility index (Phi) is 6.07. The van der Waals surface area contributed by atoms with Gasteiger partial charge in [-0.15, -0.1) is 0 Å². The summed E-state index contributed by atoms with van der Waals surface area (Å²) in [6.07, 6.45) is 3.89. The van der Waals surface area contributed by atoms with Crippen molar-refractivity contribution in [2.24, 2.45) is 0 Å². The zero-order chi connectivity index (χ0) is 20.2. The third-order valence-electron chi connectivity index (χ3n) is 5.95. The smallest absolute Gasteiger partial charge is 0.122 e. The molecule has 1 atom stereocenters. The summed E-state index contributed by atoms with van der Waals surface area (Å²) in [6.45, 7) is 8.53. The molecule has 0 bridgehead atoms. The standard InChI is InChI=1S/C24H30N4O/c1-4-28(5-2)13-11-18-14-19-17(15-23(18)29-3)10-12-25-24(19)22-16-26-20-8-6-7-9-21(20)27-22/h6-9,14-16,24-25H,4-5,10-13H2,1-3H3/t24-/m0/s1. The number of fused-ring (bicyclic) bond motifs is 2. The number of methoxy groups -OCH3 is 1. The molecule has 1 aliphatic heterocycles. The lowest BCUT2D eigenvalue weighted by Gasteiger charge is -2.28. The summed E-state index contributed by atoms with van der Waals surface area (Å²) in [7, 11) is 1.77. The van der Waals surface area contributed by atoms with Crippen molar-refractivity contribution in [3.05, 3.63) is 65.0 Å². The van der Waals surface area contributed by atoms with Crippen LogP contribution in [-0.4, -0.2) is 48.2 Å². The molecule has 3 aromatic rings. The average Bonchev–Trinajstić information content (AvgIpc) is 2.78. The van der Waals surface area contributed by atoms with Crippen LogP contribution in [0.1, 0.15) is 42.3 Å². The van der Waals surface area contributed by atoms with E-state index >= 15 is 0 Å². The zero-order valence-corrected chi connectivity index (χ0v) is 17.6. The number of benzene rings is 2.